The van der Waals surface area contributed by atoms with Crippen molar-refractivity contribution in [3.63, 3.8) is 0 Å². The molecule has 0 aliphatic carbocycles. The Balaban J connectivity index is 1.06. The van der Waals surface area contributed by atoms with Gasteiger partial charge in [0.1, 0.15) is 0 Å². The molecule has 68 heavy (non-hydrogen) atoms. The van der Waals surface area contributed by atoms with Crippen LogP contribution in [0.4, 0.5) is 0 Å². The van der Waals surface area contributed by atoms with E-state index in [2.05, 4.69) is 198 Å². The van der Waals surface area contributed by atoms with E-state index in [1.807, 2.05) is 0 Å². The van der Waals surface area contributed by atoms with Crippen molar-refractivity contribution in [1.82, 2.24) is 29.1 Å². The largest absolute Gasteiger partial charge is 0.354 e. The fourth-order valence-corrected chi connectivity index (χ4v) is 11.6. The van der Waals surface area contributed by atoms with Crippen LogP contribution in [0.3, 0.4) is 0 Å². The molecule has 0 atom stereocenters. The van der Waals surface area contributed by atoms with Crippen molar-refractivity contribution in [2.24, 2.45) is 0 Å². The summed E-state index contributed by atoms with van der Waals surface area (Å²) < 4.78 is 6.90. The van der Waals surface area contributed by atoms with Gasteiger partial charge in [0, 0.05) is 78.9 Å². The molecule has 0 amide bonds. The van der Waals surface area contributed by atoms with Gasteiger partial charge < -0.3 is 19.1 Å². The van der Waals surface area contributed by atoms with Crippen LogP contribution in [0.15, 0.2) is 118 Å². The third-order valence-electron chi connectivity index (χ3n) is 14.2. The van der Waals surface area contributed by atoms with E-state index < -0.39 is 0 Å². The first-order valence-corrected chi connectivity index (χ1v) is 26.6. The van der Waals surface area contributed by atoms with Gasteiger partial charge >= 0.3 is 0 Å². The first-order chi connectivity index (χ1) is 33.5. The van der Waals surface area contributed by atoms with Gasteiger partial charge in [-0.1, -0.05) is 139 Å². The topological polar surface area (TPSA) is 67.2 Å². The van der Waals surface area contributed by atoms with Crippen LogP contribution in [0.5, 0.6) is 0 Å². The van der Waals surface area contributed by atoms with Gasteiger partial charge in [-0.25, -0.2) is 9.97 Å². The van der Waals surface area contributed by atoms with Crippen molar-refractivity contribution >= 4 is 122 Å². The number of nitrogens with one attached hydrogen (secondary N) is 2. The SMILES string of the molecule is CCCCCCCCn1c2ccccc2c2ccc(-c3c4nc(c(Br)c5ccc([nH]5)c(-c5ccc6c7ccccc7n(CCCCCCCC)c6c5)c5nc(c(Br)c6ccc3[nH]6)C=C5)C=C4)cc21. The highest BCUT2D eigenvalue weighted by molar-refractivity contribution is 9.11. The van der Waals surface area contributed by atoms with Gasteiger partial charge in [0.05, 0.1) is 42.8 Å². The van der Waals surface area contributed by atoms with E-state index in [4.69, 9.17) is 9.97 Å². The summed E-state index contributed by atoms with van der Waals surface area (Å²) in [5, 5.41) is 5.17. The minimum atomic E-state index is 0.867. The Morgan fingerprint density at radius 2 is 0.779 bits per heavy atom. The number of hydrogen-bond donors (Lipinski definition) is 2. The van der Waals surface area contributed by atoms with Crippen LogP contribution in [0.2, 0.25) is 0 Å². The van der Waals surface area contributed by atoms with E-state index in [0.29, 0.717) is 0 Å². The molecule has 0 saturated heterocycles. The molecule has 6 nitrogen and oxygen atoms in total. The number of para-hydroxylation sites is 2. The molecule has 0 unspecified atom stereocenters. The molecule has 0 spiro atoms. The summed E-state index contributed by atoms with van der Waals surface area (Å²) in [7, 11) is 0. The molecule has 4 aromatic carbocycles. The van der Waals surface area contributed by atoms with Crippen LogP contribution in [-0.4, -0.2) is 29.1 Å². The van der Waals surface area contributed by atoms with Crippen molar-refractivity contribution < 1.29 is 0 Å². The molecule has 8 heteroatoms. The van der Waals surface area contributed by atoms with Crippen molar-refractivity contribution in [2.45, 2.75) is 104 Å². The highest BCUT2D eigenvalue weighted by Gasteiger charge is 2.20. The fourth-order valence-electron chi connectivity index (χ4n) is 10.7. The Kier molecular flexibility index (Phi) is 12.8. The average Bonchev–Trinajstić information content (AvgIpc) is 4.25. The molecule has 7 heterocycles. The third kappa shape index (κ3) is 8.38. The molecule has 0 radical (unpaired) electrons. The van der Waals surface area contributed by atoms with Crippen LogP contribution in [0.25, 0.3) is 112 Å². The van der Waals surface area contributed by atoms with Crippen LogP contribution >= 0.6 is 31.9 Å². The number of nitrogens with zero attached hydrogens (tertiary/aromatic N) is 4. The summed E-state index contributed by atoms with van der Waals surface area (Å²) in [4.78, 5) is 18.4. The van der Waals surface area contributed by atoms with Crippen LogP contribution in [0.1, 0.15) is 114 Å². The number of benzene rings is 4. The molecular formula is C60H58Br2N6. The van der Waals surface area contributed by atoms with Crippen molar-refractivity contribution in [2.75, 3.05) is 0 Å². The monoisotopic (exact) mass is 1020 g/mol. The normalized spacial score (nSPS) is 12.5. The number of aromatic nitrogens is 6. The maximum Gasteiger partial charge on any atom is 0.0801 e. The molecule has 2 N–H and O–H groups in total. The zero-order chi connectivity index (χ0) is 46.1. The lowest BCUT2D eigenvalue weighted by Crippen LogP contribution is -1.98. The van der Waals surface area contributed by atoms with Crippen molar-refractivity contribution in [3.8, 4) is 22.3 Å². The summed E-state index contributed by atoms with van der Waals surface area (Å²) >= 11 is 8.07. The minimum absolute atomic E-state index is 0.867. The summed E-state index contributed by atoms with van der Waals surface area (Å²) in [5.74, 6) is 0. The Morgan fingerprint density at radius 1 is 0.397 bits per heavy atom. The van der Waals surface area contributed by atoms with Crippen LogP contribution < -0.4 is 0 Å². The van der Waals surface area contributed by atoms with Gasteiger partial charge in [-0.3, -0.25) is 0 Å². The Hall–Kier alpha value is -5.96. The molecule has 2 aliphatic heterocycles. The number of aromatic amines is 2. The predicted molar refractivity (Wildman–Crippen MR) is 298 cm³/mol. The van der Waals surface area contributed by atoms with E-state index in [0.717, 1.165) is 102 Å². The van der Waals surface area contributed by atoms with Crippen molar-refractivity contribution in [3.05, 3.63) is 141 Å². The first-order valence-electron chi connectivity index (χ1n) is 25.0. The van der Waals surface area contributed by atoms with Crippen molar-refractivity contribution in [1.29, 1.82) is 0 Å². The number of halogens is 2. The molecule has 5 aromatic heterocycles. The molecule has 2 aliphatic rings. The summed E-state index contributed by atoms with van der Waals surface area (Å²) in [6.07, 6.45) is 23.8. The first kappa shape index (κ1) is 44.5. The fraction of sp³-hybridized carbons (Fsp3) is 0.267. The summed E-state index contributed by atoms with van der Waals surface area (Å²) in [5.41, 5.74) is 16.9. The molecule has 8 bridgehead atoms. The molecule has 11 rings (SSSR count). The van der Waals surface area contributed by atoms with E-state index in [-0.39, 0.29) is 0 Å². The smallest absolute Gasteiger partial charge is 0.0801 e. The second-order valence-corrected chi connectivity index (χ2v) is 20.3. The minimum Gasteiger partial charge on any atom is -0.354 e. The number of rotatable bonds is 16. The zero-order valence-electron chi connectivity index (χ0n) is 39.1. The second kappa shape index (κ2) is 19.6. The highest BCUT2D eigenvalue weighted by atomic mass is 79.9. The standard InChI is InChI=1S/C60H58Br2N6/c1-3-5-7-9-11-17-35-67-53-21-15-13-19-41(53)43-25-23-39(37-55(43)67)57-45-27-31-49(63-45)59(61)51-33-29-47(65-51)58(48-30-34-52(66-48)60(62)50-32-28-46(57)64-50)40-24-26-44-42-20-14-16-22-54(42)68(56(44)38-40)36-18-12-10-8-6-4-2/h13-16,19-34,37-38,63,66H,3-12,17-18,35-36H2,1-2H3. The Morgan fingerprint density at radius 3 is 1.24 bits per heavy atom. The molecule has 0 fully saturated rings. The summed E-state index contributed by atoms with van der Waals surface area (Å²) in [6.45, 7) is 6.56. The molecule has 0 saturated carbocycles. The average molecular weight is 1020 g/mol. The van der Waals surface area contributed by atoms with E-state index in [1.165, 1.54) is 108 Å². The number of fused-ring (bicyclic) bond motifs is 14. The molecule has 342 valence electrons. The van der Waals surface area contributed by atoms with Gasteiger partial charge in [-0.2, -0.15) is 0 Å². The molecular weight excluding hydrogens is 965 g/mol. The lowest BCUT2D eigenvalue weighted by Gasteiger charge is -2.10. The highest BCUT2D eigenvalue weighted by Crippen LogP contribution is 2.40. The van der Waals surface area contributed by atoms with Gasteiger partial charge in [-0.05, 0) is 129 Å². The van der Waals surface area contributed by atoms with Gasteiger partial charge in [0.15, 0.2) is 0 Å². The van der Waals surface area contributed by atoms with Gasteiger partial charge in [0.25, 0.3) is 0 Å². The number of H-pyrrole nitrogens is 2. The zero-order valence-corrected chi connectivity index (χ0v) is 42.3. The number of unbranched alkanes of at least 4 members (excludes halogenated alkanes) is 10. The Bertz CT molecular complexity index is 3360. The number of aryl methyl sites for hydroxylation is 2. The summed E-state index contributed by atoms with van der Waals surface area (Å²) in [6, 6.07) is 40.4. The Labute approximate surface area is 415 Å². The maximum atomic E-state index is 5.39. The van der Waals surface area contributed by atoms with Crippen LogP contribution in [0, 0.1) is 0 Å². The van der Waals surface area contributed by atoms with E-state index in [9.17, 15) is 0 Å². The van der Waals surface area contributed by atoms with Gasteiger partial charge in [0.2, 0.25) is 0 Å². The van der Waals surface area contributed by atoms with E-state index >= 15 is 0 Å². The van der Waals surface area contributed by atoms with Gasteiger partial charge in [-0.15, -0.1) is 0 Å². The van der Waals surface area contributed by atoms with Crippen LogP contribution in [-0.2, 0) is 13.1 Å². The number of hydrogen-bond acceptors (Lipinski definition) is 2. The third-order valence-corrected chi connectivity index (χ3v) is 15.9. The molecule has 9 aromatic rings. The maximum absolute atomic E-state index is 5.39. The second-order valence-electron chi connectivity index (χ2n) is 18.7. The quantitative estimate of drug-likeness (QED) is 0.0947. The predicted octanol–water partition coefficient (Wildman–Crippen LogP) is 18.5. The lowest BCUT2D eigenvalue weighted by molar-refractivity contribution is 0.571. The lowest BCUT2D eigenvalue weighted by atomic mass is 10.0. The van der Waals surface area contributed by atoms with E-state index in [1.54, 1.807) is 0 Å².